The Bertz CT molecular complexity index is 741. The molecule has 2 rings (SSSR count). The van der Waals surface area contributed by atoms with E-state index in [9.17, 15) is 19.8 Å². The van der Waals surface area contributed by atoms with Gasteiger partial charge in [-0.3, -0.25) is 9.59 Å². The number of carbonyl (C=O) groups is 2. The minimum absolute atomic E-state index is 0.0622. The van der Waals surface area contributed by atoms with Crippen LogP contribution >= 0.6 is 12.6 Å². The molecule has 0 saturated heterocycles. The predicted octanol–water partition coefficient (Wildman–Crippen LogP) is 2.89. The van der Waals surface area contributed by atoms with Gasteiger partial charge in [0.25, 0.3) is 0 Å². The van der Waals surface area contributed by atoms with Gasteiger partial charge in [-0.2, -0.15) is 12.6 Å². The van der Waals surface area contributed by atoms with Crippen LogP contribution in [0.5, 0.6) is 0 Å². The molecule has 150 valence electrons. The first kappa shape index (κ1) is 21.9. The highest BCUT2D eigenvalue weighted by Crippen LogP contribution is 2.25. The minimum atomic E-state index is -1.34. The monoisotopic (exact) mass is 403 g/mol. The Morgan fingerprint density at radius 3 is 2.18 bits per heavy atom. The fourth-order valence-electron chi connectivity index (χ4n) is 2.90. The predicted molar refractivity (Wildman–Crippen MR) is 109 cm³/mol. The smallest absolute Gasteiger partial charge is 0.326 e. The molecule has 0 bridgehead atoms. The quantitative estimate of drug-likeness (QED) is 0.395. The van der Waals surface area contributed by atoms with Gasteiger partial charge in [0.2, 0.25) is 0 Å². The second kappa shape index (κ2) is 11.5. The van der Waals surface area contributed by atoms with Crippen LogP contribution in [-0.2, 0) is 21.0 Å². The van der Waals surface area contributed by atoms with Gasteiger partial charge in [0, 0.05) is 0 Å². The van der Waals surface area contributed by atoms with Crippen LogP contribution in [0.25, 0.3) is 0 Å². The average Bonchev–Trinajstić information content (AvgIpc) is 2.69. The molecule has 0 aliphatic heterocycles. The number of carboxylic acid groups (broad SMARTS) is 1. The van der Waals surface area contributed by atoms with Crippen LogP contribution in [0.4, 0.5) is 0 Å². The van der Waals surface area contributed by atoms with E-state index in [1.54, 1.807) is 12.1 Å². The molecule has 0 saturated carbocycles. The number of thiol groups is 1. The van der Waals surface area contributed by atoms with Gasteiger partial charge in [-0.05, 0) is 29.2 Å². The zero-order valence-electron chi connectivity index (χ0n) is 15.5. The molecular weight excluding hydrogens is 378 g/mol. The average molecular weight is 404 g/mol. The molecule has 1 unspecified atom stereocenters. The third-order valence-electron chi connectivity index (χ3n) is 4.37. The van der Waals surface area contributed by atoms with E-state index in [1.165, 1.54) is 0 Å². The highest BCUT2D eigenvalue weighted by Gasteiger charge is 2.29. The Morgan fingerprint density at radius 2 is 1.64 bits per heavy atom. The van der Waals surface area contributed by atoms with Gasteiger partial charge < -0.3 is 15.1 Å². The van der Waals surface area contributed by atoms with Gasteiger partial charge in [0.1, 0.15) is 0 Å². The molecule has 2 N–H and O–H groups in total. The molecule has 0 heterocycles. The summed E-state index contributed by atoms with van der Waals surface area (Å²) in [6.07, 6.45) is 0.775. The number of aliphatic hydroxyl groups is 1. The van der Waals surface area contributed by atoms with Crippen molar-refractivity contribution >= 4 is 24.6 Å². The van der Waals surface area contributed by atoms with E-state index in [-0.39, 0.29) is 18.9 Å². The van der Waals surface area contributed by atoms with Crippen LogP contribution in [0.2, 0.25) is 0 Å². The van der Waals surface area contributed by atoms with E-state index in [4.69, 9.17) is 4.84 Å². The molecule has 0 aliphatic rings. The molecule has 0 fully saturated rings. The van der Waals surface area contributed by atoms with Crippen LogP contribution in [0.15, 0.2) is 60.7 Å². The molecule has 0 aromatic heterocycles. The summed E-state index contributed by atoms with van der Waals surface area (Å²) in [7, 11) is 0. The molecule has 0 spiro atoms. The van der Waals surface area contributed by atoms with Crippen LogP contribution < -0.4 is 0 Å². The van der Waals surface area contributed by atoms with Crippen molar-refractivity contribution < 1.29 is 24.6 Å². The summed E-state index contributed by atoms with van der Waals surface area (Å²) in [5.74, 6) is -1.29. The zero-order chi connectivity index (χ0) is 20.4. The van der Waals surface area contributed by atoms with Gasteiger partial charge in [0.15, 0.2) is 6.04 Å². The summed E-state index contributed by atoms with van der Waals surface area (Å²) in [5.41, 5.74) is 1.77. The first-order valence-electron chi connectivity index (χ1n) is 9.06. The summed E-state index contributed by atoms with van der Waals surface area (Å²) < 4.78 is 0. The molecule has 6 nitrogen and oxygen atoms in total. The number of hydroxylamine groups is 2. The molecule has 2 aromatic rings. The number of hydrogen-bond acceptors (Lipinski definition) is 6. The Morgan fingerprint density at radius 1 is 1.04 bits per heavy atom. The largest absolute Gasteiger partial charge is 0.480 e. The Kier molecular flexibility index (Phi) is 9.00. The lowest BCUT2D eigenvalue weighted by molar-refractivity contribution is -0.214. The summed E-state index contributed by atoms with van der Waals surface area (Å²) in [6.45, 7) is -0.610. The van der Waals surface area contributed by atoms with Gasteiger partial charge >= 0.3 is 11.9 Å². The Balaban J connectivity index is 2.12. The van der Waals surface area contributed by atoms with Crippen LogP contribution in [0, 0.1) is 0 Å². The first-order valence-corrected chi connectivity index (χ1v) is 9.69. The number of aliphatic carboxylic acids is 1. The van der Waals surface area contributed by atoms with Crippen molar-refractivity contribution in [2.75, 3.05) is 12.4 Å². The number of carbonyl (C=O) groups excluding carboxylic acids is 1. The van der Waals surface area contributed by atoms with E-state index >= 15 is 0 Å². The van der Waals surface area contributed by atoms with E-state index in [2.05, 4.69) is 12.6 Å². The topological polar surface area (TPSA) is 87.1 Å². The van der Waals surface area contributed by atoms with Crippen molar-refractivity contribution in [3.63, 3.8) is 0 Å². The third-order valence-corrected chi connectivity index (χ3v) is 4.63. The molecular formula is C21H25NO5S. The summed E-state index contributed by atoms with van der Waals surface area (Å²) in [4.78, 5) is 29.5. The third kappa shape index (κ3) is 6.67. The highest BCUT2D eigenvalue weighted by molar-refractivity contribution is 7.80. The van der Waals surface area contributed by atoms with E-state index < -0.39 is 24.6 Å². The molecule has 2 atom stereocenters. The van der Waals surface area contributed by atoms with Crippen molar-refractivity contribution in [1.29, 1.82) is 0 Å². The van der Waals surface area contributed by atoms with Gasteiger partial charge in [-0.25, -0.2) is 0 Å². The molecule has 7 heteroatoms. The molecule has 28 heavy (non-hydrogen) atoms. The van der Waals surface area contributed by atoms with E-state index in [1.807, 2.05) is 48.5 Å². The number of carboxylic acids is 1. The maximum atomic E-state index is 12.6. The van der Waals surface area contributed by atoms with Gasteiger partial charge in [-0.15, -0.1) is 5.06 Å². The number of nitrogens with zero attached hydrogens (tertiary/aromatic N) is 1. The molecule has 0 aliphatic carbocycles. The lowest BCUT2D eigenvalue weighted by Gasteiger charge is -2.27. The van der Waals surface area contributed by atoms with Gasteiger partial charge in [-0.1, -0.05) is 60.7 Å². The normalized spacial score (nSPS) is 13.1. The van der Waals surface area contributed by atoms with E-state index in [0.717, 1.165) is 16.2 Å². The summed E-state index contributed by atoms with van der Waals surface area (Å²) in [5, 5.41) is 19.9. The van der Waals surface area contributed by atoms with E-state index in [0.29, 0.717) is 12.2 Å². The standard InChI is InChI=1S/C21H25NO5S/c23-15-19(21(25)26)22(14-16-7-3-1-4-8-16)27-20(24)13-18(11-12-28)17-9-5-2-6-10-17/h1-10,18-19,23,28H,11-15H2,(H,25,26)/t18?,19-/m0/s1. The molecule has 0 amide bonds. The summed E-state index contributed by atoms with van der Waals surface area (Å²) in [6, 6.07) is 17.3. The van der Waals surface area contributed by atoms with Crippen LogP contribution in [0.1, 0.15) is 29.9 Å². The maximum Gasteiger partial charge on any atom is 0.326 e. The van der Waals surface area contributed by atoms with Crippen molar-refractivity contribution in [3.8, 4) is 0 Å². The number of hydrogen-bond donors (Lipinski definition) is 3. The second-order valence-electron chi connectivity index (χ2n) is 6.38. The summed E-state index contributed by atoms with van der Waals surface area (Å²) >= 11 is 4.27. The van der Waals surface area contributed by atoms with Crippen molar-refractivity contribution in [1.82, 2.24) is 5.06 Å². The van der Waals surface area contributed by atoms with Crippen molar-refractivity contribution in [3.05, 3.63) is 71.8 Å². The fourth-order valence-corrected chi connectivity index (χ4v) is 3.21. The SMILES string of the molecule is O=C(CC(CCS)c1ccccc1)ON(Cc1ccccc1)[C@@H](CO)C(=O)O. The van der Waals surface area contributed by atoms with Gasteiger partial charge in [0.05, 0.1) is 19.6 Å². The first-order chi connectivity index (χ1) is 13.5. The lowest BCUT2D eigenvalue weighted by atomic mass is 9.93. The Hall–Kier alpha value is -2.35. The fraction of sp³-hybridized carbons (Fsp3) is 0.333. The van der Waals surface area contributed by atoms with Crippen LogP contribution in [0.3, 0.4) is 0 Å². The maximum absolute atomic E-state index is 12.6. The van der Waals surface area contributed by atoms with Crippen LogP contribution in [-0.4, -0.2) is 45.6 Å². The van der Waals surface area contributed by atoms with Crippen molar-refractivity contribution in [2.45, 2.75) is 31.3 Å². The molecule has 0 radical (unpaired) electrons. The Labute approximate surface area is 170 Å². The number of aliphatic hydroxyl groups excluding tert-OH is 1. The minimum Gasteiger partial charge on any atom is -0.480 e. The number of rotatable bonds is 11. The number of benzene rings is 2. The zero-order valence-corrected chi connectivity index (χ0v) is 16.4. The van der Waals surface area contributed by atoms with Crippen molar-refractivity contribution in [2.24, 2.45) is 0 Å². The highest BCUT2D eigenvalue weighted by atomic mass is 32.1. The molecule has 2 aromatic carbocycles. The lowest BCUT2D eigenvalue weighted by Crippen LogP contribution is -2.44. The second-order valence-corrected chi connectivity index (χ2v) is 6.83.